The van der Waals surface area contributed by atoms with Crippen LogP contribution in [0.1, 0.15) is 36.0 Å². The third-order valence-corrected chi connectivity index (χ3v) is 7.74. The zero-order valence-corrected chi connectivity index (χ0v) is 21.8. The highest BCUT2D eigenvalue weighted by Gasteiger charge is 2.40. The molecule has 196 valence electrons. The lowest BCUT2D eigenvalue weighted by Gasteiger charge is -2.32. The summed E-state index contributed by atoms with van der Waals surface area (Å²) in [5.41, 5.74) is 5.08. The van der Waals surface area contributed by atoms with Crippen molar-refractivity contribution in [3.8, 4) is 28.6 Å². The van der Waals surface area contributed by atoms with Gasteiger partial charge in [0.15, 0.2) is 5.52 Å². The fraction of sp³-hybridized carbons (Fsp3) is 0.333. The Kier molecular flexibility index (Phi) is 6.53. The van der Waals surface area contributed by atoms with Crippen LogP contribution in [0, 0.1) is 23.2 Å². The van der Waals surface area contributed by atoms with E-state index in [0.29, 0.717) is 54.0 Å². The lowest BCUT2D eigenvalue weighted by molar-refractivity contribution is -0.646. The summed E-state index contributed by atoms with van der Waals surface area (Å²) in [4.78, 5) is 41.3. The van der Waals surface area contributed by atoms with Crippen molar-refractivity contribution >= 4 is 23.0 Å². The van der Waals surface area contributed by atoms with Crippen LogP contribution in [0.4, 0.5) is 0 Å². The molecule has 1 unspecified atom stereocenters. The van der Waals surface area contributed by atoms with Gasteiger partial charge >= 0.3 is 5.65 Å². The van der Waals surface area contributed by atoms with Crippen LogP contribution >= 0.6 is 0 Å². The average Bonchev–Trinajstić information content (AvgIpc) is 3.73. The number of carbonyl (C=O) groups excluding carboxylic acids is 2. The van der Waals surface area contributed by atoms with Crippen molar-refractivity contribution in [2.75, 3.05) is 13.1 Å². The lowest BCUT2D eigenvalue weighted by atomic mass is 9.97. The van der Waals surface area contributed by atoms with Gasteiger partial charge in [-0.1, -0.05) is 30.3 Å². The number of hydrogen-bond acceptors (Lipinski definition) is 5. The fourth-order valence-corrected chi connectivity index (χ4v) is 5.32. The monoisotopic (exact) mass is 520 g/mol. The Labute approximate surface area is 226 Å². The van der Waals surface area contributed by atoms with Crippen LogP contribution in [0.15, 0.2) is 61.1 Å². The molecule has 39 heavy (non-hydrogen) atoms. The number of fused-ring (bicyclic) bond motifs is 1. The van der Waals surface area contributed by atoms with E-state index in [0.717, 1.165) is 24.0 Å². The van der Waals surface area contributed by atoms with E-state index in [-0.39, 0.29) is 23.7 Å². The van der Waals surface area contributed by atoms with Gasteiger partial charge in [-0.15, -0.1) is 0 Å². The molecule has 6 rings (SSSR count). The van der Waals surface area contributed by atoms with Gasteiger partial charge in [-0.05, 0) is 54.9 Å². The molecule has 3 aromatic heterocycles. The molecular formula is C30H30N7O2+. The number of rotatable bonds is 6. The SMILES string of the molecule is C[n+]1cc(-c2cc(-c3ccccc3)ccn2)nc2c(C(=O)NC(C(=O)N3CCC(C#N)CC3)C3CC3)c[nH]c21. The van der Waals surface area contributed by atoms with Crippen molar-refractivity contribution in [2.24, 2.45) is 18.9 Å². The Balaban J connectivity index is 1.27. The largest absolute Gasteiger partial charge is 0.341 e. The number of nitriles is 1. The van der Waals surface area contributed by atoms with Crippen molar-refractivity contribution in [1.29, 1.82) is 5.26 Å². The number of aromatic amines is 1. The molecule has 4 heterocycles. The van der Waals surface area contributed by atoms with E-state index in [2.05, 4.69) is 21.4 Å². The molecule has 1 atom stereocenters. The number of carbonyl (C=O) groups is 2. The summed E-state index contributed by atoms with van der Waals surface area (Å²) in [7, 11) is 1.90. The van der Waals surface area contributed by atoms with Crippen LogP contribution in [0.3, 0.4) is 0 Å². The van der Waals surface area contributed by atoms with Crippen LogP contribution in [-0.2, 0) is 11.8 Å². The average molecular weight is 521 g/mol. The van der Waals surface area contributed by atoms with Gasteiger partial charge in [0.05, 0.1) is 18.8 Å². The van der Waals surface area contributed by atoms with Gasteiger partial charge in [0, 0.05) is 25.2 Å². The number of nitrogens with zero attached hydrogens (tertiary/aromatic N) is 5. The number of piperidine rings is 1. The Morgan fingerprint density at radius 1 is 1.10 bits per heavy atom. The van der Waals surface area contributed by atoms with Gasteiger partial charge in [0.2, 0.25) is 5.91 Å². The maximum Gasteiger partial charge on any atom is 0.306 e. The number of likely N-dealkylation sites (tertiary alicyclic amines) is 1. The van der Waals surface area contributed by atoms with Crippen LogP contribution in [0.25, 0.3) is 33.7 Å². The Hall–Kier alpha value is -4.58. The second-order valence-corrected chi connectivity index (χ2v) is 10.4. The maximum atomic E-state index is 13.5. The summed E-state index contributed by atoms with van der Waals surface area (Å²) in [6.07, 6.45) is 8.49. The zero-order chi connectivity index (χ0) is 26.9. The number of nitrogens with one attached hydrogen (secondary N) is 2. The van der Waals surface area contributed by atoms with E-state index in [1.54, 1.807) is 17.3 Å². The van der Waals surface area contributed by atoms with Crippen LogP contribution in [-0.4, -0.2) is 50.8 Å². The standard InChI is InChI=1S/C30H29N7O2/c1-36-18-25(24-15-22(9-12-32-24)20-5-3-2-4-6-20)34-27-23(17-33-28(27)36)29(38)35-26(21-7-8-21)30(39)37-13-10-19(16-31)11-14-37/h2-6,9,12,15,17-19,21,26H,7-8,10-11,13-14H2,1H3,(H,35,38)/p+1. The topological polar surface area (TPSA) is 119 Å². The highest BCUT2D eigenvalue weighted by molar-refractivity contribution is 6.05. The summed E-state index contributed by atoms with van der Waals surface area (Å²) in [6, 6.07) is 15.8. The lowest BCUT2D eigenvalue weighted by Crippen LogP contribution is -2.51. The van der Waals surface area contributed by atoms with E-state index in [4.69, 9.17) is 4.98 Å². The Bertz CT molecular complexity index is 1580. The van der Waals surface area contributed by atoms with E-state index in [1.165, 1.54) is 0 Å². The number of hydrogen-bond donors (Lipinski definition) is 2. The zero-order valence-electron chi connectivity index (χ0n) is 21.8. The predicted molar refractivity (Wildman–Crippen MR) is 145 cm³/mol. The molecule has 4 aromatic rings. The molecule has 2 aliphatic rings. The number of aryl methyl sites for hydroxylation is 1. The normalized spacial score (nSPS) is 16.6. The number of benzene rings is 1. The number of aromatic nitrogens is 4. The van der Waals surface area contributed by atoms with E-state index < -0.39 is 6.04 Å². The first-order chi connectivity index (χ1) is 19.0. The van der Waals surface area contributed by atoms with Crippen LogP contribution in [0.5, 0.6) is 0 Å². The molecule has 0 spiro atoms. The van der Waals surface area contributed by atoms with Gasteiger partial charge in [0.25, 0.3) is 5.91 Å². The quantitative estimate of drug-likeness (QED) is 0.378. The first kappa shape index (κ1) is 24.7. The molecule has 9 nitrogen and oxygen atoms in total. The van der Waals surface area contributed by atoms with E-state index in [1.807, 2.05) is 60.3 Å². The molecule has 9 heteroatoms. The van der Waals surface area contributed by atoms with Crippen molar-refractivity contribution in [1.82, 2.24) is 25.2 Å². The summed E-state index contributed by atoms with van der Waals surface area (Å²) in [5.74, 6) is -0.236. The molecule has 0 bridgehead atoms. The number of pyridine rings is 1. The smallest absolute Gasteiger partial charge is 0.306 e. The molecule has 1 saturated heterocycles. The van der Waals surface area contributed by atoms with E-state index >= 15 is 0 Å². The molecule has 2 N–H and O–H groups in total. The predicted octanol–water partition coefficient (Wildman–Crippen LogP) is 3.39. The minimum absolute atomic E-state index is 0.00174. The van der Waals surface area contributed by atoms with E-state index in [9.17, 15) is 14.9 Å². The maximum absolute atomic E-state index is 13.5. The molecule has 1 aromatic carbocycles. The first-order valence-electron chi connectivity index (χ1n) is 13.4. The fourth-order valence-electron chi connectivity index (χ4n) is 5.32. The Morgan fingerprint density at radius 3 is 2.59 bits per heavy atom. The molecule has 1 aliphatic heterocycles. The van der Waals surface area contributed by atoms with Crippen LogP contribution < -0.4 is 9.88 Å². The van der Waals surface area contributed by atoms with Gasteiger partial charge in [0.1, 0.15) is 29.7 Å². The summed E-state index contributed by atoms with van der Waals surface area (Å²) < 4.78 is 1.90. The van der Waals surface area contributed by atoms with Gasteiger partial charge in [-0.25, -0.2) is 14.5 Å². The van der Waals surface area contributed by atoms with Gasteiger partial charge in [-0.3, -0.25) is 14.6 Å². The molecular weight excluding hydrogens is 490 g/mol. The highest BCUT2D eigenvalue weighted by atomic mass is 16.2. The number of H-pyrrole nitrogens is 1. The summed E-state index contributed by atoms with van der Waals surface area (Å²) >= 11 is 0. The van der Waals surface area contributed by atoms with Gasteiger partial charge in [-0.2, -0.15) is 5.26 Å². The van der Waals surface area contributed by atoms with Gasteiger partial charge < -0.3 is 10.2 Å². The van der Waals surface area contributed by atoms with Crippen molar-refractivity contribution in [2.45, 2.75) is 31.7 Å². The second-order valence-electron chi connectivity index (χ2n) is 10.4. The molecule has 0 radical (unpaired) electrons. The summed E-state index contributed by atoms with van der Waals surface area (Å²) in [5, 5.41) is 12.2. The van der Waals surface area contributed by atoms with Crippen molar-refractivity contribution < 1.29 is 14.2 Å². The minimum Gasteiger partial charge on any atom is -0.341 e. The minimum atomic E-state index is -0.567. The molecule has 2 fully saturated rings. The summed E-state index contributed by atoms with van der Waals surface area (Å²) in [6.45, 7) is 1.11. The number of amides is 2. The van der Waals surface area contributed by atoms with Crippen LogP contribution in [0.2, 0.25) is 0 Å². The molecule has 1 saturated carbocycles. The third-order valence-electron chi connectivity index (χ3n) is 7.74. The third kappa shape index (κ3) is 4.98. The van der Waals surface area contributed by atoms with Crippen molar-refractivity contribution in [3.05, 3.63) is 66.6 Å². The second kappa shape index (κ2) is 10.3. The van der Waals surface area contributed by atoms with Crippen molar-refractivity contribution in [3.63, 3.8) is 0 Å². The molecule has 1 aliphatic carbocycles. The highest BCUT2D eigenvalue weighted by Crippen LogP contribution is 2.34. The molecule has 2 amide bonds. The first-order valence-corrected chi connectivity index (χ1v) is 13.4. The Morgan fingerprint density at radius 2 is 1.87 bits per heavy atom.